The first-order chi connectivity index (χ1) is 11.6. The highest BCUT2D eigenvalue weighted by Gasteiger charge is 2.19. The van der Waals surface area contributed by atoms with Crippen molar-refractivity contribution >= 4 is 23.2 Å². The van der Waals surface area contributed by atoms with E-state index in [9.17, 15) is 9.59 Å². The molecule has 0 aliphatic carbocycles. The Balaban J connectivity index is 1.76. The molecule has 0 unspecified atom stereocenters. The minimum Gasteiger partial charge on any atom is -0.399 e. The van der Waals surface area contributed by atoms with Crippen molar-refractivity contribution in [2.45, 2.75) is 19.3 Å². The van der Waals surface area contributed by atoms with E-state index in [-0.39, 0.29) is 11.5 Å². The summed E-state index contributed by atoms with van der Waals surface area (Å²) in [6, 6.07) is 8.83. The van der Waals surface area contributed by atoms with E-state index in [4.69, 9.17) is 11.0 Å². The predicted molar refractivity (Wildman–Crippen MR) is 91.6 cm³/mol. The molecule has 0 aromatic heterocycles. The number of nitrogens with two attached hydrogens (primary N) is 1. The van der Waals surface area contributed by atoms with E-state index >= 15 is 0 Å². The van der Waals surface area contributed by atoms with Gasteiger partial charge >= 0.3 is 0 Å². The molecule has 0 bridgehead atoms. The molecule has 0 saturated carbocycles. The van der Waals surface area contributed by atoms with Crippen molar-refractivity contribution in [1.29, 1.82) is 5.26 Å². The monoisotopic (exact) mass is 327 g/mol. The lowest BCUT2D eigenvalue weighted by atomic mass is 10.2. The van der Waals surface area contributed by atoms with Gasteiger partial charge in [0.1, 0.15) is 11.6 Å². The maximum absolute atomic E-state index is 12.0. The number of anilines is 2. The summed E-state index contributed by atoms with van der Waals surface area (Å²) in [4.78, 5) is 25.2. The van der Waals surface area contributed by atoms with Crippen molar-refractivity contribution in [1.82, 2.24) is 10.2 Å². The zero-order chi connectivity index (χ0) is 17.4. The molecule has 2 amide bonds. The van der Waals surface area contributed by atoms with Crippen LogP contribution in [0.3, 0.4) is 0 Å². The van der Waals surface area contributed by atoms with Gasteiger partial charge in [0.2, 0.25) is 5.91 Å². The van der Waals surface area contributed by atoms with Crippen molar-refractivity contribution in [3.05, 3.63) is 36.0 Å². The molecule has 0 atom stereocenters. The van der Waals surface area contributed by atoms with E-state index in [0.29, 0.717) is 31.6 Å². The number of hydrogen-bond acceptors (Lipinski definition) is 5. The van der Waals surface area contributed by atoms with Crippen LogP contribution in [0.1, 0.15) is 19.3 Å². The predicted octanol–water partition coefficient (Wildman–Crippen LogP) is 1.22. The largest absolute Gasteiger partial charge is 0.399 e. The molecular weight excluding hydrogens is 306 g/mol. The topological polar surface area (TPSA) is 111 Å². The van der Waals surface area contributed by atoms with Gasteiger partial charge in [0, 0.05) is 43.6 Å². The van der Waals surface area contributed by atoms with Crippen LogP contribution in [0.25, 0.3) is 0 Å². The van der Waals surface area contributed by atoms with Crippen LogP contribution in [-0.4, -0.2) is 36.3 Å². The molecule has 1 aliphatic rings. The third kappa shape index (κ3) is 5.02. The van der Waals surface area contributed by atoms with Crippen LogP contribution in [-0.2, 0) is 9.59 Å². The lowest BCUT2D eigenvalue weighted by molar-refractivity contribution is -0.127. The number of nitrogen functional groups attached to an aromatic ring is 1. The van der Waals surface area contributed by atoms with Crippen LogP contribution in [0.2, 0.25) is 0 Å². The number of likely N-dealkylation sites (tertiary alicyclic amines) is 1. The number of nitrogens with zero attached hydrogens (tertiary/aromatic N) is 2. The molecule has 1 saturated heterocycles. The third-order valence-electron chi connectivity index (χ3n) is 3.72. The number of rotatable bonds is 7. The van der Waals surface area contributed by atoms with Crippen LogP contribution in [0.4, 0.5) is 11.4 Å². The average molecular weight is 327 g/mol. The van der Waals surface area contributed by atoms with Crippen LogP contribution in [0.15, 0.2) is 36.0 Å². The van der Waals surface area contributed by atoms with Crippen LogP contribution >= 0.6 is 0 Å². The number of nitriles is 1. The van der Waals surface area contributed by atoms with Crippen LogP contribution in [0.5, 0.6) is 0 Å². The van der Waals surface area contributed by atoms with Crippen molar-refractivity contribution in [3.63, 3.8) is 0 Å². The molecule has 7 nitrogen and oxygen atoms in total. The zero-order valence-corrected chi connectivity index (χ0v) is 13.4. The Bertz CT molecular complexity index is 661. The van der Waals surface area contributed by atoms with Crippen molar-refractivity contribution in [2.75, 3.05) is 30.7 Å². The summed E-state index contributed by atoms with van der Waals surface area (Å²) in [6.07, 6.45) is 3.56. The fourth-order valence-electron chi connectivity index (χ4n) is 2.39. The normalized spacial score (nSPS) is 14.4. The maximum Gasteiger partial charge on any atom is 0.263 e. The number of hydrogen-bond donors (Lipinski definition) is 3. The molecule has 4 N–H and O–H groups in total. The standard InChI is InChI=1S/C17H21N5O2/c18-11-13(12-21-15-6-4-14(19)5-7-15)17(24)20-8-2-10-22-9-1-3-16(22)23/h4-7,12,21H,1-3,8-10,19H2,(H,20,24)/b13-12-. The van der Waals surface area contributed by atoms with Crippen LogP contribution in [0, 0.1) is 11.3 Å². The lowest BCUT2D eigenvalue weighted by Gasteiger charge is -2.15. The SMILES string of the molecule is N#C/C(=C/Nc1ccc(N)cc1)C(=O)NCCCN1CCCC1=O. The Hall–Kier alpha value is -3.01. The average Bonchev–Trinajstić information content (AvgIpc) is 2.99. The summed E-state index contributed by atoms with van der Waals surface area (Å²) in [6.45, 7) is 1.85. The van der Waals surface area contributed by atoms with Gasteiger partial charge in [-0.25, -0.2) is 0 Å². The summed E-state index contributed by atoms with van der Waals surface area (Å²) in [5.74, 6) is -0.264. The molecule has 0 spiro atoms. The minimum absolute atomic E-state index is 0.0101. The number of carbonyl (C=O) groups excluding carboxylic acids is 2. The first-order valence-electron chi connectivity index (χ1n) is 7.88. The molecule has 1 aromatic rings. The van der Waals surface area contributed by atoms with Crippen molar-refractivity contribution in [2.24, 2.45) is 0 Å². The summed E-state index contributed by atoms with van der Waals surface area (Å²) in [7, 11) is 0. The Morgan fingerprint density at radius 2 is 2.12 bits per heavy atom. The molecule has 7 heteroatoms. The smallest absolute Gasteiger partial charge is 0.263 e. The Labute approximate surface area is 141 Å². The van der Waals surface area contributed by atoms with Gasteiger partial charge in [-0.2, -0.15) is 5.26 Å². The van der Waals surface area contributed by atoms with Crippen molar-refractivity contribution in [3.8, 4) is 6.07 Å². The number of nitrogens with one attached hydrogen (secondary N) is 2. The highest BCUT2D eigenvalue weighted by molar-refractivity contribution is 5.97. The van der Waals surface area contributed by atoms with Gasteiger partial charge in [0.25, 0.3) is 5.91 Å². The fraction of sp³-hybridized carbons (Fsp3) is 0.353. The summed E-state index contributed by atoms with van der Waals surface area (Å²) in [5, 5.41) is 14.7. The maximum atomic E-state index is 12.0. The van der Waals surface area contributed by atoms with E-state index < -0.39 is 5.91 Å². The molecule has 1 fully saturated rings. The van der Waals surface area contributed by atoms with Crippen molar-refractivity contribution < 1.29 is 9.59 Å². The Morgan fingerprint density at radius 3 is 2.75 bits per heavy atom. The Morgan fingerprint density at radius 1 is 1.38 bits per heavy atom. The molecule has 1 aliphatic heterocycles. The number of benzene rings is 1. The van der Waals surface area contributed by atoms with Gasteiger partial charge in [-0.1, -0.05) is 0 Å². The molecule has 2 rings (SSSR count). The van der Waals surface area contributed by atoms with E-state index in [1.807, 2.05) is 6.07 Å². The van der Waals surface area contributed by atoms with E-state index in [0.717, 1.165) is 18.7 Å². The van der Waals surface area contributed by atoms with E-state index in [2.05, 4.69) is 10.6 Å². The summed E-state index contributed by atoms with van der Waals surface area (Å²) < 4.78 is 0. The van der Waals surface area contributed by atoms with Gasteiger partial charge in [-0.15, -0.1) is 0 Å². The second kappa shape index (κ2) is 8.58. The van der Waals surface area contributed by atoms with Gasteiger partial charge in [0.05, 0.1) is 0 Å². The summed E-state index contributed by atoms with van der Waals surface area (Å²) in [5.41, 5.74) is 6.96. The third-order valence-corrected chi connectivity index (χ3v) is 3.72. The van der Waals surface area contributed by atoms with Gasteiger partial charge in [0.15, 0.2) is 0 Å². The molecule has 1 aromatic carbocycles. The zero-order valence-electron chi connectivity index (χ0n) is 13.4. The second-order valence-corrected chi connectivity index (χ2v) is 5.53. The summed E-state index contributed by atoms with van der Waals surface area (Å²) >= 11 is 0. The molecule has 0 radical (unpaired) electrons. The van der Waals surface area contributed by atoms with Crippen LogP contribution < -0.4 is 16.4 Å². The molecule has 126 valence electrons. The first kappa shape index (κ1) is 17.3. The first-order valence-corrected chi connectivity index (χ1v) is 7.88. The van der Waals surface area contributed by atoms with E-state index in [1.165, 1.54) is 6.20 Å². The number of carbonyl (C=O) groups is 2. The minimum atomic E-state index is -0.437. The quantitative estimate of drug-likeness (QED) is 0.302. The lowest BCUT2D eigenvalue weighted by Crippen LogP contribution is -2.31. The molecular formula is C17H21N5O2. The number of amides is 2. The van der Waals surface area contributed by atoms with Gasteiger partial charge in [-0.05, 0) is 37.1 Å². The van der Waals surface area contributed by atoms with Gasteiger partial charge in [-0.3, -0.25) is 9.59 Å². The Kier molecular flexibility index (Phi) is 6.20. The van der Waals surface area contributed by atoms with Gasteiger partial charge < -0.3 is 21.3 Å². The highest BCUT2D eigenvalue weighted by Crippen LogP contribution is 2.11. The molecule has 1 heterocycles. The highest BCUT2D eigenvalue weighted by atomic mass is 16.2. The fourth-order valence-corrected chi connectivity index (χ4v) is 2.39. The molecule has 24 heavy (non-hydrogen) atoms. The second-order valence-electron chi connectivity index (χ2n) is 5.53. The van der Waals surface area contributed by atoms with E-state index in [1.54, 1.807) is 29.2 Å².